The summed E-state index contributed by atoms with van der Waals surface area (Å²) in [5.74, 6) is -0.444. The number of sulfonamides is 1. The highest BCUT2D eigenvalue weighted by molar-refractivity contribution is 7.92. The topological polar surface area (TPSA) is 86.8 Å². The molecule has 3 aromatic carbocycles. The summed E-state index contributed by atoms with van der Waals surface area (Å²) in [6, 6.07) is 20.9. The molecule has 0 saturated heterocycles. The number of benzene rings is 3. The third-order valence-corrected chi connectivity index (χ3v) is 8.85. The van der Waals surface area contributed by atoms with Crippen molar-refractivity contribution in [3.05, 3.63) is 95.1 Å². The maximum Gasteiger partial charge on any atom is 0.264 e. The molecule has 0 radical (unpaired) electrons. The maximum atomic E-state index is 14.2. The first-order valence-electron chi connectivity index (χ1n) is 14.3. The highest BCUT2D eigenvalue weighted by atomic mass is 32.2. The molecule has 0 aliphatic carbocycles. The molecule has 1 N–H and O–H groups in total. The lowest BCUT2D eigenvalue weighted by molar-refractivity contribution is -0.140. The molecular formula is C33H43N3O4S. The largest absolute Gasteiger partial charge is 0.354 e. The minimum atomic E-state index is -4.10. The van der Waals surface area contributed by atoms with Crippen molar-refractivity contribution in [3.63, 3.8) is 0 Å². The molecule has 220 valence electrons. The third-order valence-electron chi connectivity index (χ3n) is 7.07. The first kappa shape index (κ1) is 31.9. The van der Waals surface area contributed by atoms with Crippen molar-refractivity contribution in [1.29, 1.82) is 0 Å². The van der Waals surface area contributed by atoms with Crippen molar-refractivity contribution >= 4 is 27.5 Å². The number of anilines is 1. The van der Waals surface area contributed by atoms with Crippen molar-refractivity contribution < 1.29 is 18.0 Å². The number of aryl methyl sites for hydroxylation is 3. The van der Waals surface area contributed by atoms with Crippen LogP contribution >= 0.6 is 0 Å². The Morgan fingerprint density at radius 1 is 0.854 bits per heavy atom. The Kier molecular flexibility index (Phi) is 11.1. The van der Waals surface area contributed by atoms with E-state index in [4.69, 9.17) is 0 Å². The summed E-state index contributed by atoms with van der Waals surface area (Å²) in [4.78, 5) is 29.2. The van der Waals surface area contributed by atoms with Gasteiger partial charge >= 0.3 is 0 Å². The zero-order valence-electron chi connectivity index (χ0n) is 25.1. The Morgan fingerprint density at radius 3 is 2.00 bits per heavy atom. The zero-order chi connectivity index (χ0) is 30.2. The Hall–Kier alpha value is -3.65. The van der Waals surface area contributed by atoms with E-state index < -0.39 is 28.5 Å². The van der Waals surface area contributed by atoms with Gasteiger partial charge in [-0.1, -0.05) is 93.4 Å². The summed E-state index contributed by atoms with van der Waals surface area (Å²) in [6.07, 6.45) is 0.977. The second-order valence-corrected chi connectivity index (χ2v) is 12.7. The van der Waals surface area contributed by atoms with Crippen molar-refractivity contribution in [2.24, 2.45) is 5.92 Å². The van der Waals surface area contributed by atoms with Crippen molar-refractivity contribution in [2.45, 2.75) is 71.9 Å². The Labute approximate surface area is 245 Å². The molecule has 8 heteroatoms. The second kappa shape index (κ2) is 14.3. The van der Waals surface area contributed by atoms with Gasteiger partial charge in [0.2, 0.25) is 11.8 Å². The molecule has 1 atom stereocenters. The van der Waals surface area contributed by atoms with Crippen LogP contribution in [-0.4, -0.2) is 44.3 Å². The predicted octanol–water partition coefficient (Wildman–Crippen LogP) is 5.64. The minimum Gasteiger partial charge on any atom is -0.354 e. The molecule has 3 rings (SSSR count). The van der Waals surface area contributed by atoms with Crippen LogP contribution < -0.4 is 9.62 Å². The fourth-order valence-electron chi connectivity index (χ4n) is 4.64. The number of carbonyl (C=O) groups excluding carboxylic acids is 2. The van der Waals surface area contributed by atoms with E-state index in [-0.39, 0.29) is 23.3 Å². The van der Waals surface area contributed by atoms with Crippen LogP contribution in [0.2, 0.25) is 0 Å². The summed E-state index contributed by atoms with van der Waals surface area (Å²) in [5.41, 5.74) is 4.14. The fraction of sp³-hybridized carbons (Fsp3) is 0.394. The monoisotopic (exact) mass is 577 g/mol. The number of nitrogens with zero attached hydrogens (tertiary/aromatic N) is 2. The molecular weight excluding hydrogens is 534 g/mol. The van der Waals surface area contributed by atoms with E-state index in [9.17, 15) is 18.0 Å². The average molecular weight is 578 g/mol. The van der Waals surface area contributed by atoms with Crippen molar-refractivity contribution in [2.75, 3.05) is 17.4 Å². The molecule has 2 amide bonds. The average Bonchev–Trinajstić information content (AvgIpc) is 2.95. The van der Waals surface area contributed by atoms with Gasteiger partial charge in [0.25, 0.3) is 10.0 Å². The lowest BCUT2D eigenvalue weighted by Gasteiger charge is -2.34. The van der Waals surface area contributed by atoms with Crippen LogP contribution in [0, 0.1) is 19.8 Å². The van der Waals surface area contributed by atoms with Crippen LogP contribution in [-0.2, 0) is 32.6 Å². The summed E-state index contributed by atoms with van der Waals surface area (Å²) in [7, 11) is -4.10. The van der Waals surface area contributed by atoms with E-state index in [0.717, 1.165) is 22.3 Å². The van der Waals surface area contributed by atoms with Gasteiger partial charge in [0.1, 0.15) is 12.6 Å². The number of rotatable bonds is 13. The standard InChI is InChI=1S/C33H43N3O4S/c1-7-28-11-9-10-12-31(28)36(41(39,40)29-19-15-26(6)16-20-29)23-32(37)35(22-27-17-13-25(5)14-18-27)30(8-2)33(38)34-21-24(3)4/h9-20,24,30H,7-8,21-23H2,1-6H3,(H,34,38)/t30-/m1/s1. The molecule has 0 spiro atoms. The van der Waals surface area contributed by atoms with Gasteiger partial charge in [0, 0.05) is 13.1 Å². The van der Waals surface area contributed by atoms with Gasteiger partial charge in [0.05, 0.1) is 10.6 Å². The number of carbonyl (C=O) groups is 2. The number of amides is 2. The highest BCUT2D eigenvalue weighted by Crippen LogP contribution is 2.28. The summed E-state index contributed by atoms with van der Waals surface area (Å²) < 4.78 is 29.4. The maximum absolute atomic E-state index is 14.2. The van der Waals surface area contributed by atoms with Crippen molar-refractivity contribution in [1.82, 2.24) is 10.2 Å². The number of hydrogen-bond acceptors (Lipinski definition) is 4. The van der Waals surface area contributed by atoms with E-state index in [2.05, 4.69) is 5.32 Å². The molecule has 0 aromatic heterocycles. The lowest BCUT2D eigenvalue weighted by atomic mass is 10.1. The van der Waals surface area contributed by atoms with Gasteiger partial charge in [-0.2, -0.15) is 0 Å². The summed E-state index contributed by atoms with van der Waals surface area (Å²) >= 11 is 0. The van der Waals surface area contributed by atoms with Crippen LogP contribution in [0.4, 0.5) is 5.69 Å². The van der Waals surface area contributed by atoms with Gasteiger partial charge in [-0.3, -0.25) is 13.9 Å². The Morgan fingerprint density at radius 2 is 1.44 bits per heavy atom. The summed E-state index contributed by atoms with van der Waals surface area (Å²) in [6.45, 7) is 11.9. The molecule has 0 bridgehead atoms. The smallest absolute Gasteiger partial charge is 0.264 e. The normalized spacial score (nSPS) is 12.2. The van der Waals surface area contributed by atoms with E-state index in [0.29, 0.717) is 25.1 Å². The molecule has 0 aliphatic rings. The van der Waals surface area contributed by atoms with E-state index in [1.54, 1.807) is 36.4 Å². The van der Waals surface area contributed by atoms with Crippen molar-refractivity contribution in [3.8, 4) is 0 Å². The van der Waals surface area contributed by atoms with Crippen LogP contribution in [0.5, 0.6) is 0 Å². The highest BCUT2D eigenvalue weighted by Gasteiger charge is 2.34. The zero-order valence-corrected chi connectivity index (χ0v) is 25.9. The molecule has 41 heavy (non-hydrogen) atoms. The van der Waals surface area contributed by atoms with Gasteiger partial charge < -0.3 is 10.2 Å². The first-order chi connectivity index (χ1) is 19.5. The van der Waals surface area contributed by atoms with Crippen LogP contribution in [0.1, 0.15) is 56.4 Å². The summed E-state index contributed by atoms with van der Waals surface area (Å²) in [5, 5.41) is 2.96. The molecule has 7 nitrogen and oxygen atoms in total. The van der Waals surface area contributed by atoms with Crippen LogP contribution in [0.25, 0.3) is 0 Å². The fourth-order valence-corrected chi connectivity index (χ4v) is 6.09. The number of hydrogen-bond donors (Lipinski definition) is 1. The van der Waals surface area contributed by atoms with E-state index in [1.165, 1.54) is 9.21 Å². The van der Waals surface area contributed by atoms with Crippen LogP contribution in [0.3, 0.4) is 0 Å². The molecule has 0 aliphatic heterocycles. The minimum absolute atomic E-state index is 0.105. The SMILES string of the molecule is CCc1ccccc1N(CC(=O)N(Cc1ccc(C)cc1)[C@H](CC)C(=O)NCC(C)C)S(=O)(=O)c1ccc(C)cc1. The van der Waals surface area contributed by atoms with Gasteiger partial charge in [-0.25, -0.2) is 8.42 Å². The van der Waals surface area contributed by atoms with Gasteiger partial charge in [0.15, 0.2) is 0 Å². The number of para-hydroxylation sites is 1. The molecule has 3 aromatic rings. The second-order valence-electron chi connectivity index (χ2n) is 10.9. The Balaban J connectivity index is 2.08. The lowest BCUT2D eigenvalue weighted by Crippen LogP contribution is -2.52. The quantitative estimate of drug-likeness (QED) is 0.285. The number of nitrogens with one attached hydrogen (secondary N) is 1. The van der Waals surface area contributed by atoms with Crippen LogP contribution in [0.15, 0.2) is 77.7 Å². The molecule has 0 saturated carbocycles. The first-order valence-corrected chi connectivity index (χ1v) is 15.7. The van der Waals surface area contributed by atoms with Gasteiger partial charge in [-0.15, -0.1) is 0 Å². The van der Waals surface area contributed by atoms with Gasteiger partial charge in [-0.05, 0) is 61.9 Å². The van der Waals surface area contributed by atoms with E-state index in [1.807, 2.05) is 77.9 Å². The molecule has 0 fully saturated rings. The Bertz CT molecular complexity index is 1420. The molecule has 0 unspecified atom stereocenters. The third kappa shape index (κ3) is 8.19. The molecule has 0 heterocycles. The predicted molar refractivity (Wildman–Crippen MR) is 165 cm³/mol. The van der Waals surface area contributed by atoms with E-state index >= 15 is 0 Å².